The van der Waals surface area contributed by atoms with Crippen molar-refractivity contribution in [2.45, 2.75) is 19.9 Å². The topological polar surface area (TPSA) is 84.5 Å². The molecule has 2 aromatic carbocycles. The quantitative estimate of drug-likeness (QED) is 0.792. The summed E-state index contributed by atoms with van der Waals surface area (Å²) in [6.45, 7) is 2.86. The highest BCUT2D eigenvalue weighted by molar-refractivity contribution is 5.94. The van der Waals surface area contributed by atoms with E-state index in [4.69, 9.17) is 4.74 Å². The van der Waals surface area contributed by atoms with Gasteiger partial charge in [0, 0.05) is 12.6 Å². The lowest BCUT2D eigenvalue weighted by Crippen LogP contribution is -2.31. The van der Waals surface area contributed by atoms with E-state index in [2.05, 4.69) is 10.6 Å². The molecule has 25 heavy (non-hydrogen) atoms. The van der Waals surface area contributed by atoms with Gasteiger partial charge in [-0.2, -0.15) is 0 Å². The van der Waals surface area contributed by atoms with E-state index < -0.39 is 5.97 Å². The molecule has 0 unspecified atom stereocenters. The fraction of sp³-hybridized carbons (Fsp3) is 0.211. The molecule has 0 saturated carbocycles. The van der Waals surface area contributed by atoms with Gasteiger partial charge in [0.2, 0.25) is 5.91 Å². The van der Waals surface area contributed by atoms with E-state index >= 15 is 0 Å². The van der Waals surface area contributed by atoms with Crippen molar-refractivity contribution in [3.63, 3.8) is 0 Å². The van der Waals surface area contributed by atoms with Gasteiger partial charge in [-0.05, 0) is 30.7 Å². The van der Waals surface area contributed by atoms with E-state index in [0.717, 1.165) is 5.56 Å². The number of esters is 1. The molecule has 0 fully saturated rings. The molecule has 6 heteroatoms. The molecule has 0 aromatic heterocycles. The van der Waals surface area contributed by atoms with Crippen LogP contribution in [0, 0.1) is 0 Å². The summed E-state index contributed by atoms with van der Waals surface area (Å²) < 4.78 is 5.02. The van der Waals surface area contributed by atoms with Gasteiger partial charge in [0.25, 0.3) is 5.91 Å². The molecule has 0 spiro atoms. The second-order valence-electron chi connectivity index (χ2n) is 5.54. The zero-order chi connectivity index (χ0) is 18.2. The van der Waals surface area contributed by atoms with Gasteiger partial charge in [0.05, 0.1) is 11.6 Å². The number of anilines is 1. The summed E-state index contributed by atoms with van der Waals surface area (Å²) in [7, 11) is 0. The first-order valence-corrected chi connectivity index (χ1v) is 7.85. The Labute approximate surface area is 146 Å². The molecule has 0 aliphatic carbocycles. The minimum absolute atomic E-state index is 0.185. The van der Waals surface area contributed by atoms with Gasteiger partial charge in [0.15, 0.2) is 6.61 Å². The maximum absolute atomic E-state index is 12.0. The van der Waals surface area contributed by atoms with Crippen molar-refractivity contribution in [2.75, 3.05) is 11.9 Å². The third-order valence-corrected chi connectivity index (χ3v) is 3.43. The Hall–Kier alpha value is -3.15. The fourth-order valence-electron chi connectivity index (χ4n) is 2.25. The zero-order valence-corrected chi connectivity index (χ0v) is 14.1. The number of hydrogen-bond donors (Lipinski definition) is 2. The second-order valence-corrected chi connectivity index (χ2v) is 5.54. The fourth-order valence-corrected chi connectivity index (χ4v) is 2.25. The number of rotatable bonds is 6. The van der Waals surface area contributed by atoms with Gasteiger partial charge < -0.3 is 15.4 Å². The average Bonchev–Trinajstić information content (AvgIpc) is 2.60. The number of amides is 2. The van der Waals surface area contributed by atoms with Crippen LogP contribution in [0.2, 0.25) is 0 Å². The van der Waals surface area contributed by atoms with Crippen LogP contribution in [0.25, 0.3) is 0 Å². The first kappa shape index (κ1) is 18.2. The number of hydrogen-bond acceptors (Lipinski definition) is 4. The van der Waals surface area contributed by atoms with Crippen molar-refractivity contribution in [3.8, 4) is 0 Å². The van der Waals surface area contributed by atoms with Crippen molar-refractivity contribution in [1.29, 1.82) is 0 Å². The maximum atomic E-state index is 12.0. The summed E-state index contributed by atoms with van der Waals surface area (Å²) in [5, 5.41) is 5.35. The highest BCUT2D eigenvalue weighted by atomic mass is 16.5. The predicted molar refractivity (Wildman–Crippen MR) is 94.0 cm³/mol. The van der Waals surface area contributed by atoms with Gasteiger partial charge >= 0.3 is 5.97 Å². The molecule has 6 nitrogen and oxygen atoms in total. The monoisotopic (exact) mass is 340 g/mol. The van der Waals surface area contributed by atoms with E-state index in [1.54, 1.807) is 18.2 Å². The normalized spacial score (nSPS) is 11.3. The van der Waals surface area contributed by atoms with E-state index in [1.807, 2.05) is 37.3 Å². The molecule has 2 N–H and O–H groups in total. The Morgan fingerprint density at radius 2 is 1.76 bits per heavy atom. The smallest absolute Gasteiger partial charge is 0.338 e. The number of carbonyl (C=O) groups is 3. The van der Waals surface area contributed by atoms with E-state index in [1.165, 1.54) is 13.0 Å². The summed E-state index contributed by atoms with van der Waals surface area (Å²) in [4.78, 5) is 35.0. The Morgan fingerprint density at radius 1 is 1.04 bits per heavy atom. The first-order chi connectivity index (χ1) is 12.0. The van der Waals surface area contributed by atoms with E-state index in [9.17, 15) is 14.4 Å². The van der Waals surface area contributed by atoms with Gasteiger partial charge in [-0.1, -0.05) is 36.4 Å². The van der Waals surface area contributed by atoms with Crippen molar-refractivity contribution in [3.05, 3.63) is 65.7 Å². The Kier molecular flexibility index (Phi) is 6.28. The average molecular weight is 340 g/mol. The number of nitrogens with one attached hydrogen (secondary N) is 2. The third kappa shape index (κ3) is 5.76. The summed E-state index contributed by atoms with van der Waals surface area (Å²) in [5.74, 6) is -1.25. The molecule has 0 heterocycles. The summed E-state index contributed by atoms with van der Waals surface area (Å²) in [6, 6.07) is 15.6. The molecule has 1 atom stereocenters. The standard InChI is InChI=1S/C19H20N2O4/c1-13(15-7-4-3-5-8-15)20-18(23)12-25-19(24)16-9-6-10-17(11-16)21-14(2)22/h3-11,13H,12H2,1-2H3,(H,20,23)(H,21,22)/t13-/m1/s1. The van der Waals surface area contributed by atoms with Crippen molar-refractivity contribution < 1.29 is 19.1 Å². The highest BCUT2D eigenvalue weighted by Crippen LogP contribution is 2.12. The van der Waals surface area contributed by atoms with Crippen molar-refractivity contribution in [2.24, 2.45) is 0 Å². The van der Waals surface area contributed by atoms with Gasteiger partial charge in [0.1, 0.15) is 0 Å². The summed E-state index contributed by atoms with van der Waals surface area (Å²) in [5.41, 5.74) is 1.71. The lowest BCUT2D eigenvalue weighted by atomic mass is 10.1. The Morgan fingerprint density at radius 3 is 2.44 bits per heavy atom. The Bertz CT molecular complexity index is 759. The molecule has 0 bridgehead atoms. The van der Waals surface area contributed by atoms with E-state index in [-0.39, 0.29) is 30.0 Å². The minimum atomic E-state index is -0.630. The number of ether oxygens (including phenoxy) is 1. The highest BCUT2D eigenvalue weighted by Gasteiger charge is 2.13. The number of benzene rings is 2. The van der Waals surface area contributed by atoms with Crippen LogP contribution in [0.1, 0.15) is 35.8 Å². The molecule has 0 radical (unpaired) electrons. The van der Waals surface area contributed by atoms with Crippen LogP contribution < -0.4 is 10.6 Å². The molecule has 0 saturated heterocycles. The summed E-state index contributed by atoms with van der Waals surface area (Å²) in [6.07, 6.45) is 0. The van der Waals surface area contributed by atoms with Crippen LogP contribution in [-0.2, 0) is 14.3 Å². The molecule has 0 aliphatic rings. The van der Waals surface area contributed by atoms with Crippen molar-refractivity contribution in [1.82, 2.24) is 5.32 Å². The molecule has 2 rings (SSSR count). The third-order valence-electron chi connectivity index (χ3n) is 3.43. The molecule has 0 aliphatic heterocycles. The van der Waals surface area contributed by atoms with Gasteiger partial charge in [-0.25, -0.2) is 4.79 Å². The van der Waals surface area contributed by atoms with Crippen LogP contribution in [0.4, 0.5) is 5.69 Å². The van der Waals surface area contributed by atoms with Gasteiger partial charge in [-0.3, -0.25) is 9.59 Å². The van der Waals surface area contributed by atoms with Crippen LogP contribution in [0.3, 0.4) is 0 Å². The van der Waals surface area contributed by atoms with Crippen LogP contribution in [-0.4, -0.2) is 24.4 Å². The maximum Gasteiger partial charge on any atom is 0.338 e. The van der Waals surface area contributed by atoms with Crippen LogP contribution in [0.15, 0.2) is 54.6 Å². The predicted octanol–water partition coefficient (Wildman–Crippen LogP) is 2.68. The lowest BCUT2D eigenvalue weighted by molar-refractivity contribution is -0.124. The molecule has 2 aromatic rings. The SMILES string of the molecule is CC(=O)Nc1cccc(C(=O)OCC(=O)N[C@H](C)c2ccccc2)c1. The number of carbonyl (C=O) groups excluding carboxylic acids is 3. The zero-order valence-electron chi connectivity index (χ0n) is 14.1. The molecule has 130 valence electrons. The minimum Gasteiger partial charge on any atom is -0.452 e. The van der Waals surface area contributed by atoms with Gasteiger partial charge in [-0.15, -0.1) is 0 Å². The molecular formula is C19H20N2O4. The van der Waals surface area contributed by atoms with Crippen molar-refractivity contribution >= 4 is 23.5 Å². The second kappa shape index (κ2) is 8.63. The molecule has 2 amide bonds. The van der Waals surface area contributed by atoms with Crippen LogP contribution in [0.5, 0.6) is 0 Å². The van der Waals surface area contributed by atoms with Crippen LogP contribution >= 0.6 is 0 Å². The summed E-state index contributed by atoms with van der Waals surface area (Å²) >= 11 is 0. The molecular weight excluding hydrogens is 320 g/mol. The largest absolute Gasteiger partial charge is 0.452 e. The van der Waals surface area contributed by atoms with E-state index in [0.29, 0.717) is 5.69 Å². The first-order valence-electron chi connectivity index (χ1n) is 7.85. The lowest BCUT2D eigenvalue weighted by Gasteiger charge is -2.14. The Balaban J connectivity index is 1.87.